The van der Waals surface area contributed by atoms with E-state index in [0.717, 1.165) is 11.1 Å². The number of methoxy groups -OCH3 is 1. The van der Waals surface area contributed by atoms with E-state index < -0.39 is 5.41 Å². The fourth-order valence-corrected chi connectivity index (χ4v) is 1.43. The van der Waals surface area contributed by atoms with Crippen LogP contribution in [-0.4, -0.2) is 13.1 Å². The quantitative estimate of drug-likeness (QED) is 0.822. The zero-order valence-corrected chi connectivity index (χ0v) is 11.4. The van der Waals surface area contributed by atoms with Crippen molar-refractivity contribution in [3.63, 3.8) is 0 Å². The van der Waals surface area contributed by atoms with Crippen molar-refractivity contribution in [1.29, 1.82) is 0 Å². The summed E-state index contributed by atoms with van der Waals surface area (Å²) < 4.78 is 4.76. The Labute approximate surface area is 104 Å². The van der Waals surface area contributed by atoms with Gasteiger partial charge < -0.3 is 10.5 Å². The molecule has 0 fully saturated rings. The van der Waals surface area contributed by atoms with Gasteiger partial charge in [-0.1, -0.05) is 38.1 Å². The van der Waals surface area contributed by atoms with E-state index in [1.807, 2.05) is 52.0 Å². The molecule has 1 aromatic rings. The highest BCUT2D eigenvalue weighted by molar-refractivity contribution is 5.82. The minimum atomic E-state index is -0.609. The number of nitrogens with two attached hydrogens (primary N) is 1. The van der Waals surface area contributed by atoms with Crippen LogP contribution in [0.1, 0.15) is 38.8 Å². The molecule has 1 rings (SSSR count). The van der Waals surface area contributed by atoms with Crippen LogP contribution < -0.4 is 5.73 Å². The second-order valence-electron chi connectivity index (χ2n) is 4.02. The topological polar surface area (TPSA) is 52.3 Å². The zero-order chi connectivity index (χ0) is 13.5. The van der Waals surface area contributed by atoms with E-state index in [1.54, 1.807) is 0 Å². The normalized spacial score (nSPS) is 10.2. The summed E-state index contributed by atoms with van der Waals surface area (Å²) in [5.41, 5.74) is 6.89. The molecule has 0 aliphatic carbocycles. The van der Waals surface area contributed by atoms with Gasteiger partial charge in [-0.25, -0.2) is 0 Å². The third kappa shape index (κ3) is 3.86. The number of benzene rings is 1. The zero-order valence-electron chi connectivity index (χ0n) is 11.4. The van der Waals surface area contributed by atoms with Crippen LogP contribution in [0.15, 0.2) is 24.3 Å². The van der Waals surface area contributed by atoms with Gasteiger partial charge in [-0.15, -0.1) is 0 Å². The highest BCUT2D eigenvalue weighted by atomic mass is 16.5. The second kappa shape index (κ2) is 7.07. The summed E-state index contributed by atoms with van der Waals surface area (Å²) in [6.07, 6.45) is 0. The molecule has 0 amide bonds. The average molecular weight is 237 g/mol. The van der Waals surface area contributed by atoms with Gasteiger partial charge in [0.25, 0.3) is 0 Å². The predicted molar refractivity (Wildman–Crippen MR) is 70.7 cm³/mol. The summed E-state index contributed by atoms with van der Waals surface area (Å²) >= 11 is 0. The molecule has 0 radical (unpaired) electrons. The first-order chi connectivity index (χ1) is 8.02. The van der Waals surface area contributed by atoms with Gasteiger partial charge in [-0.05, 0) is 25.0 Å². The molecule has 0 heterocycles. The average Bonchev–Trinajstić information content (AvgIpc) is 2.40. The lowest BCUT2D eigenvalue weighted by Crippen LogP contribution is -2.30. The third-order valence-corrected chi connectivity index (χ3v) is 2.61. The van der Waals surface area contributed by atoms with Crippen LogP contribution in [0.25, 0.3) is 0 Å². The number of hydrogen-bond donors (Lipinski definition) is 1. The van der Waals surface area contributed by atoms with E-state index in [-0.39, 0.29) is 5.97 Å². The van der Waals surface area contributed by atoms with Crippen molar-refractivity contribution in [3.8, 4) is 0 Å². The van der Waals surface area contributed by atoms with Crippen LogP contribution in [0, 0.1) is 0 Å². The van der Waals surface area contributed by atoms with Gasteiger partial charge >= 0.3 is 5.97 Å². The Morgan fingerprint density at radius 2 is 1.71 bits per heavy atom. The number of carbonyl (C=O) groups is 1. The van der Waals surface area contributed by atoms with Crippen molar-refractivity contribution in [1.82, 2.24) is 0 Å². The Balaban J connectivity index is 0.00000121. The Morgan fingerprint density at radius 1 is 1.24 bits per heavy atom. The summed E-state index contributed by atoms with van der Waals surface area (Å²) in [5, 5.41) is 0. The molecule has 0 unspecified atom stereocenters. The van der Waals surface area contributed by atoms with Crippen LogP contribution in [0.4, 0.5) is 0 Å². The minimum absolute atomic E-state index is 0.233. The fraction of sp³-hybridized carbons (Fsp3) is 0.500. The van der Waals surface area contributed by atoms with Gasteiger partial charge in [-0.3, -0.25) is 4.79 Å². The second-order valence-corrected chi connectivity index (χ2v) is 4.02. The molecular formula is C14H23NO2. The lowest BCUT2D eigenvalue weighted by Gasteiger charge is -2.22. The van der Waals surface area contributed by atoms with E-state index in [4.69, 9.17) is 10.5 Å². The summed E-state index contributed by atoms with van der Waals surface area (Å²) in [4.78, 5) is 11.5. The smallest absolute Gasteiger partial charge is 0.315 e. The molecule has 0 saturated carbocycles. The van der Waals surface area contributed by atoms with Gasteiger partial charge in [0, 0.05) is 6.54 Å². The lowest BCUT2D eigenvalue weighted by molar-refractivity contribution is -0.146. The third-order valence-electron chi connectivity index (χ3n) is 2.61. The molecule has 3 nitrogen and oxygen atoms in total. The standard InChI is InChI=1S/C12H17NO2.C2H6/c1-12(2,11(14)15-3)10-6-4-9(8-13)5-7-10;1-2/h4-7H,8,13H2,1-3H3;1-2H3. The van der Waals surface area contributed by atoms with Crippen LogP contribution in [-0.2, 0) is 21.5 Å². The Kier molecular flexibility index (Phi) is 6.51. The van der Waals surface area contributed by atoms with Gasteiger partial charge in [-0.2, -0.15) is 0 Å². The molecule has 1 aromatic carbocycles. The highest BCUT2D eigenvalue weighted by Gasteiger charge is 2.30. The molecule has 0 atom stereocenters. The molecule has 2 N–H and O–H groups in total. The SMILES string of the molecule is CC.COC(=O)C(C)(C)c1ccc(CN)cc1. The molecule has 96 valence electrons. The fourth-order valence-electron chi connectivity index (χ4n) is 1.43. The van der Waals surface area contributed by atoms with Crippen LogP contribution in [0.5, 0.6) is 0 Å². The van der Waals surface area contributed by atoms with Crippen molar-refractivity contribution in [2.24, 2.45) is 5.73 Å². The monoisotopic (exact) mass is 237 g/mol. The molecule has 0 spiro atoms. The summed E-state index contributed by atoms with van der Waals surface area (Å²) in [6, 6.07) is 7.69. The molecule has 0 aromatic heterocycles. The summed E-state index contributed by atoms with van der Waals surface area (Å²) in [5.74, 6) is -0.233. The Hall–Kier alpha value is -1.35. The Bertz CT molecular complexity index is 342. The molecule has 17 heavy (non-hydrogen) atoms. The molecule has 0 aliphatic heterocycles. The number of carbonyl (C=O) groups excluding carboxylic acids is 1. The van der Waals surface area contributed by atoms with Gasteiger partial charge in [0.1, 0.15) is 0 Å². The van der Waals surface area contributed by atoms with E-state index in [9.17, 15) is 4.79 Å². The maximum Gasteiger partial charge on any atom is 0.315 e. The molecule has 0 bridgehead atoms. The van der Waals surface area contributed by atoms with E-state index in [2.05, 4.69) is 0 Å². The molecule has 0 aliphatic rings. The lowest BCUT2D eigenvalue weighted by atomic mass is 9.84. The van der Waals surface area contributed by atoms with Gasteiger partial charge in [0.05, 0.1) is 12.5 Å². The molecule has 3 heteroatoms. The largest absolute Gasteiger partial charge is 0.468 e. The Morgan fingerprint density at radius 3 is 2.06 bits per heavy atom. The first-order valence-corrected chi connectivity index (χ1v) is 5.90. The predicted octanol–water partition coefficient (Wildman–Crippen LogP) is 2.62. The summed E-state index contributed by atoms with van der Waals surface area (Å²) in [7, 11) is 1.40. The van der Waals surface area contributed by atoms with Crippen molar-refractivity contribution >= 4 is 5.97 Å². The van der Waals surface area contributed by atoms with Crippen molar-refractivity contribution in [2.45, 2.75) is 39.7 Å². The molecule has 0 saturated heterocycles. The number of rotatable bonds is 3. The van der Waals surface area contributed by atoms with E-state index >= 15 is 0 Å². The van der Waals surface area contributed by atoms with Gasteiger partial charge in [0.15, 0.2) is 0 Å². The van der Waals surface area contributed by atoms with E-state index in [0.29, 0.717) is 6.54 Å². The van der Waals surface area contributed by atoms with Crippen LogP contribution in [0.3, 0.4) is 0 Å². The van der Waals surface area contributed by atoms with Crippen molar-refractivity contribution < 1.29 is 9.53 Å². The first-order valence-electron chi connectivity index (χ1n) is 5.90. The first kappa shape index (κ1) is 15.7. The van der Waals surface area contributed by atoms with E-state index in [1.165, 1.54) is 7.11 Å². The summed E-state index contributed by atoms with van der Waals surface area (Å²) in [6.45, 7) is 8.20. The van der Waals surface area contributed by atoms with Crippen LogP contribution >= 0.6 is 0 Å². The number of ether oxygens (including phenoxy) is 1. The van der Waals surface area contributed by atoms with Crippen LogP contribution in [0.2, 0.25) is 0 Å². The molecular weight excluding hydrogens is 214 g/mol. The van der Waals surface area contributed by atoms with Crippen molar-refractivity contribution in [2.75, 3.05) is 7.11 Å². The van der Waals surface area contributed by atoms with Gasteiger partial charge in [0.2, 0.25) is 0 Å². The maximum absolute atomic E-state index is 11.5. The minimum Gasteiger partial charge on any atom is -0.468 e. The number of esters is 1. The number of hydrogen-bond acceptors (Lipinski definition) is 3. The van der Waals surface area contributed by atoms with Crippen molar-refractivity contribution in [3.05, 3.63) is 35.4 Å². The highest BCUT2D eigenvalue weighted by Crippen LogP contribution is 2.24. The maximum atomic E-state index is 11.5.